The first kappa shape index (κ1) is 15.5. The van der Waals surface area contributed by atoms with Crippen molar-refractivity contribution in [3.63, 3.8) is 0 Å². The molecule has 0 saturated carbocycles. The van der Waals surface area contributed by atoms with E-state index in [1.165, 1.54) is 0 Å². The average molecular weight is 294 g/mol. The quantitative estimate of drug-likeness (QED) is 0.883. The molecule has 0 aliphatic rings. The number of halogens is 3. The Morgan fingerprint density at radius 2 is 1.71 bits per heavy atom. The fraction of sp³-hybridized carbons (Fsp3) is 0.312. The number of aromatic nitrogens is 1. The van der Waals surface area contributed by atoms with Gasteiger partial charge in [-0.2, -0.15) is 13.2 Å². The lowest BCUT2D eigenvalue weighted by molar-refractivity contribution is -0.155. The molecular formula is C16H17F3N2. The van der Waals surface area contributed by atoms with Gasteiger partial charge in [0.2, 0.25) is 0 Å². The highest BCUT2D eigenvalue weighted by molar-refractivity contribution is 5.16. The van der Waals surface area contributed by atoms with E-state index in [1.807, 2.05) is 12.1 Å². The van der Waals surface area contributed by atoms with Crippen LogP contribution in [0.2, 0.25) is 0 Å². The van der Waals surface area contributed by atoms with E-state index in [0.717, 1.165) is 5.69 Å². The minimum absolute atomic E-state index is 0.0629. The van der Waals surface area contributed by atoms with E-state index < -0.39 is 12.2 Å². The molecule has 1 N–H and O–H groups in total. The van der Waals surface area contributed by atoms with Crippen LogP contribution in [0.25, 0.3) is 0 Å². The van der Waals surface area contributed by atoms with Gasteiger partial charge in [0, 0.05) is 24.9 Å². The summed E-state index contributed by atoms with van der Waals surface area (Å²) in [5.41, 5.74) is 1.45. The van der Waals surface area contributed by atoms with E-state index in [0.29, 0.717) is 12.0 Å². The van der Waals surface area contributed by atoms with Crippen LogP contribution in [0.5, 0.6) is 0 Å². The maximum Gasteiger partial charge on any atom is 0.404 e. The minimum atomic E-state index is -4.26. The second-order valence-electron chi connectivity index (χ2n) is 4.81. The zero-order valence-corrected chi connectivity index (χ0v) is 11.5. The molecule has 0 radical (unpaired) electrons. The third kappa shape index (κ3) is 5.19. The first-order valence-electron chi connectivity index (χ1n) is 6.79. The van der Waals surface area contributed by atoms with Crippen molar-refractivity contribution >= 4 is 0 Å². The molecule has 1 atom stereocenters. The largest absolute Gasteiger partial charge is 0.404 e. The number of nitrogens with zero attached hydrogens (tertiary/aromatic N) is 1. The van der Waals surface area contributed by atoms with Crippen molar-refractivity contribution < 1.29 is 13.2 Å². The molecule has 0 aliphatic heterocycles. The normalized spacial score (nSPS) is 13.1. The molecule has 2 aromatic rings. The number of hydrogen-bond acceptors (Lipinski definition) is 2. The molecule has 1 aromatic heterocycles. The predicted molar refractivity (Wildman–Crippen MR) is 75.9 cm³/mol. The molecule has 0 fully saturated rings. The molecule has 21 heavy (non-hydrogen) atoms. The summed E-state index contributed by atoms with van der Waals surface area (Å²) in [7, 11) is 0. The summed E-state index contributed by atoms with van der Waals surface area (Å²) in [5, 5.41) is 2.59. The van der Waals surface area contributed by atoms with Crippen LogP contribution >= 0.6 is 0 Å². The van der Waals surface area contributed by atoms with Gasteiger partial charge in [0.05, 0.1) is 0 Å². The summed E-state index contributed by atoms with van der Waals surface area (Å²) in [6.07, 6.45) is -2.21. The van der Waals surface area contributed by atoms with Gasteiger partial charge in [-0.05, 0) is 24.1 Å². The minimum Gasteiger partial charge on any atom is -0.305 e. The highest BCUT2D eigenvalue weighted by Gasteiger charge is 2.38. The Kier molecular flexibility index (Phi) is 5.33. The summed E-state index contributed by atoms with van der Waals surface area (Å²) >= 11 is 0. The Morgan fingerprint density at radius 1 is 1.00 bits per heavy atom. The van der Waals surface area contributed by atoms with E-state index in [2.05, 4.69) is 10.3 Å². The van der Waals surface area contributed by atoms with Gasteiger partial charge in [0.25, 0.3) is 0 Å². The van der Waals surface area contributed by atoms with Crippen LogP contribution in [0.3, 0.4) is 0 Å². The zero-order chi connectivity index (χ0) is 15.1. The number of nitrogens with one attached hydrogen (secondary N) is 1. The van der Waals surface area contributed by atoms with Gasteiger partial charge in [-0.1, -0.05) is 36.4 Å². The van der Waals surface area contributed by atoms with Crippen molar-refractivity contribution in [1.29, 1.82) is 0 Å². The standard InChI is InChI=1S/C16H17F3N2/c17-16(18,19)15(12-13-6-2-1-3-7-13)21-11-9-14-8-4-5-10-20-14/h1-8,10,15,21H,9,11-12H2. The monoisotopic (exact) mass is 294 g/mol. The molecule has 0 saturated heterocycles. The molecule has 112 valence electrons. The smallest absolute Gasteiger partial charge is 0.305 e. The van der Waals surface area contributed by atoms with E-state index in [4.69, 9.17) is 0 Å². The summed E-state index contributed by atoms with van der Waals surface area (Å²) in [5.74, 6) is 0. The summed E-state index contributed by atoms with van der Waals surface area (Å²) in [6.45, 7) is 0.244. The second kappa shape index (κ2) is 7.22. The van der Waals surface area contributed by atoms with Crippen LogP contribution < -0.4 is 5.32 Å². The van der Waals surface area contributed by atoms with Crippen LogP contribution in [-0.4, -0.2) is 23.7 Å². The summed E-state index contributed by atoms with van der Waals surface area (Å²) < 4.78 is 39.2. The van der Waals surface area contributed by atoms with Crippen molar-refractivity contribution in [1.82, 2.24) is 10.3 Å². The first-order chi connectivity index (χ1) is 10.1. The van der Waals surface area contributed by atoms with Crippen molar-refractivity contribution in [2.45, 2.75) is 25.1 Å². The lowest BCUT2D eigenvalue weighted by atomic mass is 10.1. The van der Waals surface area contributed by atoms with Crippen molar-refractivity contribution in [3.05, 3.63) is 66.0 Å². The Morgan fingerprint density at radius 3 is 2.33 bits per heavy atom. The van der Waals surface area contributed by atoms with Gasteiger partial charge in [0.1, 0.15) is 6.04 Å². The molecule has 5 heteroatoms. The lowest BCUT2D eigenvalue weighted by Crippen LogP contribution is -2.44. The molecule has 1 heterocycles. The van der Waals surface area contributed by atoms with Crippen molar-refractivity contribution in [2.24, 2.45) is 0 Å². The van der Waals surface area contributed by atoms with Crippen LogP contribution in [0, 0.1) is 0 Å². The van der Waals surface area contributed by atoms with Gasteiger partial charge in [-0.15, -0.1) is 0 Å². The van der Waals surface area contributed by atoms with Gasteiger partial charge < -0.3 is 5.32 Å². The third-order valence-corrected chi connectivity index (χ3v) is 3.18. The van der Waals surface area contributed by atoms with Crippen LogP contribution in [0.4, 0.5) is 13.2 Å². The lowest BCUT2D eigenvalue weighted by Gasteiger charge is -2.21. The SMILES string of the molecule is FC(F)(F)C(Cc1ccccc1)NCCc1ccccn1. The Bertz CT molecular complexity index is 526. The van der Waals surface area contributed by atoms with Crippen molar-refractivity contribution in [3.8, 4) is 0 Å². The number of benzene rings is 1. The Labute approximate surface area is 122 Å². The molecule has 1 aromatic carbocycles. The second-order valence-corrected chi connectivity index (χ2v) is 4.81. The van der Waals surface area contributed by atoms with Crippen LogP contribution in [0.15, 0.2) is 54.7 Å². The topological polar surface area (TPSA) is 24.9 Å². The highest BCUT2D eigenvalue weighted by Crippen LogP contribution is 2.23. The molecule has 0 aliphatic carbocycles. The fourth-order valence-electron chi connectivity index (χ4n) is 2.07. The zero-order valence-electron chi connectivity index (χ0n) is 11.5. The number of hydrogen-bond donors (Lipinski definition) is 1. The predicted octanol–water partition coefficient (Wildman–Crippen LogP) is 3.39. The molecule has 1 unspecified atom stereocenters. The maximum atomic E-state index is 13.1. The van der Waals surface area contributed by atoms with E-state index in [-0.39, 0.29) is 13.0 Å². The Hall–Kier alpha value is -1.88. The van der Waals surface area contributed by atoms with E-state index in [1.54, 1.807) is 42.6 Å². The van der Waals surface area contributed by atoms with Gasteiger partial charge in [-0.3, -0.25) is 4.98 Å². The molecule has 0 amide bonds. The summed E-state index contributed by atoms with van der Waals surface area (Å²) in [6, 6.07) is 12.6. The Balaban J connectivity index is 1.91. The molecule has 2 nitrogen and oxygen atoms in total. The number of rotatable bonds is 6. The van der Waals surface area contributed by atoms with Gasteiger partial charge >= 0.3 is 6.18 Å². The molecular weight excluding hydrogens is 277 g/mol. The van der Waals surface area contributed by atoms with Crippen molar-refractivity contribution in [2.75, 3.05) is 6.54 Å². The highest BCUT2D eigenvalue weighted by atomic mass is 19.4. The summed E-state index contributed by atoms with van der Waals surface area (Å²) in [4.78, 5) is 4.10. The molecule has 0 bridgehead atoms. The third-order valence-electron chi connectivity index (χ3n) is 3.18. The molecule has 0 spiro atoms. The van der Waals surface area contributed by atoms with Gasteiger partial charge in [0.15, 0.2) is 0 Å². The van der Waals surface area contributed by atoms with Gasteiger partial charge in [-0.25, -0.2) is 0 Å². The first-order valence-corrected chi connectivity index (χ1v) is 6.79. The maximum absolute atomic E-state index is 13.1. The molecule has 2 rings (SSSR count). The van der Waals surface area contributed by atoms with E-state index in [9.17, 15) is 13.2 Å². The fourth-order valence-corrected chi connectivity index (χ4v) is 2.07. The van der Waals surface area contributed by atoms with E-state index >= 15 is 0 Å². The van der Waals surface area contributed by atoms with Crippen LogP contribution in [0.1, 0.15) is 11.3 Å². The number of pyridine rings is 1. The average Bonchev–Trinajstić information content (AvgIpc) is 2.47. The van der Waals surface area contributed by atoms with Crippen LogP contribution in [-0.2, 0) is 12.8 Å². The number of alkyl halides is 3.